The number of amides is 1. The van der Waals surface area contributed by atoms with Crippen molar-refractivity contribution in [2.24, 2.45) is 0 Å². The third-order valence-electron chi connectivity index (χ3n) is 4.79. The molecular weight excluding hydrogens is 362 g/mol. The molecule has 134 valence electrons. The molecule has 0 spiro atoms. The Morgan fingerprint density at radius 1 is 1.36 bits per heavy atom. The third kappa shape index (κ3) is 2.86. The Labute approximate surface area is 149 Å². The molecule has 1 fully saturated rings. The fourth-order valence-electron chi connectivity index (χ4n) is 3.64. The van der Waals surface area contributed by atoms with Crippen molar-refractivity contribution in [2.45, 2.75) is 31.6 Å². The molecule has 2 N–H and O–H groups in total. The van der Waals surface area contributed by atoms with Gasteiger partial charge in [-0.05, 0) is 20.3 Å². The van der Waals surface area contributed by atoms with Crippen LogP contribution in [0.1, 0.15) is 40.2 Å². The molecule has 25 heavy (non-hydrogen) atoms. The van der Waals surface area contributed by atoms with Crippen LogP contribution in [0.5, 0.6) is 0 Å². The van der Waals surface area contributed by atoms with Gasteiger partial charge in [0.05, 0.1) is 40.4 Å². The van der Waals surface area contributed by atoms with Crippen LogP contribution in [0.4, 0.5) is 5.82 Å². The summed E-state index contributed by atoms with van der Waals surface area (Å²) in [5.74, 6) is 1.25. The molecule has 10 heteroatoms. The van der Waals surface area contributed by atoms with Crippen LogP contribution < -0.4 is 5.32 Å². The highest BCUT2D eigenvalue weighted by atomic mass is 32.2. The van der Waals surface area contributed by atoms with Crippen LogP contribution in [0.15, 0.2) is 6.20 Å². The first kappa shape index (κ1) is 16.6. The standard InChI is InChI=1S/C15H19N5O3S2/c1-8-13(9(2)20(19-8)10-3-4-25(22,23)7-10)14-11-5-16-18-15(11)17-12(21)6-24-14/h5,10,14H,3-4,6-7H2,1-2H3,(H2,16,17,18,21)/t10-,14+/m1/s1. The van der Waals surface area contributed by atoms with Gasteiger partial charge in [0.15, 0.2) is 9.84 Å². The first-order valence-electron chi connectivity index (χ1n) is 8.06. The summed E-state index contributed by atoms with van der Waals surface area (Å²) in [6.45, 7) is 3.91. The first-order chi connectivity index (χ1) is 11.9. The number of carbonyl (C=O) groups excluding carboxylic acids is 1. The molecule has 1 saturated heterocycles. The molecule has 4 heterocycles. The molecule has 0 aromatic carbocycles. The zero-order valence-electron chi connectivity index (χ0n) is 13.9. The van der Waals surface area contributed by atoms with Gasteiger partial charge in [0, 0.05) is 16.8 Å². The average Bonchev–Trinajstić information content (AvgIpc) is 3.18. The Hall–Kier alpha value is -1.81. The Balaban J connectivity index is 1.76. The summed E-state index contributed by atoms with van der Waals surface area (Å²) in [6, 6.07) is -0.114. The number of hydrogen-bond acceptors (Lipinski definition) is 6. The van der Waals surface area contributed by atoms with Crippen LogP contribution in [0.2, 0.25) is 0 Å². The summed E-state index contributed by atoms with van der Waals surface area (Å²) in [4.78, 5) is 11.9. The minimum atomic E-state index is -2.98. The van der Waals surface area contributed by atoms with Gasteiger partial charge in [-0.3, -0.25) is 14.6 Å². The molecule has 2 aliphatic heterocycles. The Morgan fingerprint density at radius 3 is 2.88 bits per heavy atom. The number of fused-ring (bicyclic) bond motifs is 1. The highest BCUT2D eigenvalue weighted by Crippen LogP contribution is 2.43. The van der Waals surface area contributed by atoms with Crippen molar-refractivity contribution in [3.05, 3.63) is 28.7 Å². The molecule has 0 radical (unpaired) electrons. The van der Waals surface area contributed by atoms with Crippen molar-refractivity contribution >= 4 is 33.3 Å². The molecule has 2 aromatic rings. The summed E-state index contributed by atoms with van der Waals surface area (Å²) in [5.41, 5.74) is 3.77. The molecule has 0 bridgehead atoms. The fourth-order valence-corrected chi connectivity index (χ4v) is 6.58. The zero-order valence-corrected chi connectivity index (χ0v) is 15.6. The predicted octanol–water partition coefficient (Wildman–Crippen LogP) is 1.36. The van der Waals surface area contributed by atoms with E-state index < -0.39 is 9.84 Å². The van der Waals surface area contributed by atoms with E-state index in [-0.39, 0.29) is 28.7 Å². The molecule has 0 saturated carbocycles. The minimum absolute atomic E-state index is 0.0671. The number of H-pyrrole nitrogens is 1. The van der Waals surface area contributed by atoms with Crippen molar-refractivity contribution in [1.82, 2.24) is 20.0 Å². The predicted molar refractivity (Wildman–Crippen MR) is 95.5 cm³/mol. The van der Waals surface area contributed by atoms with E-state index in [2.05, 4.69) is 20.6 Å². The summed E-state index contributed by atoms with van der Waals surface area (Å²) >= 11 is 1.53. The number of anilines is 1. The Bertz CT molecular complexity index is 947. The van der Waals surface area contributed by atoms with Gasteiger partial charge in [-0.25, -0.2) is 8.42 Å². The maximum Gasteiger partial charge on any atom is 0.235 e. The number of aromatic amines is 1. The summed E-state index contributed by atoms with van der Waals surface area (Å²) in [6.07, 6.45) is 2.33. The van der Waals surface area contributed by atoms with Gasteiger partial charge in [0.25, 0.3) is 0 Å². The highest BCUT2D eigenvalue weighted by Gasteiger charge is 2.34. The van der Waals surface area contributed by atoms with E-state index >= 15 is 0 Å². The summed E-state index contributed by atoms with van der Waals surface area (Å²) < 4.78 is 25.5. The van der Waals surface area contributed by atoms with Gasteiger partial charge >= 0.3 is 0 Å². The fraction of sp³-hybridized carbons (Fsp3) is 0.533. The SMILES string of the molecule is Cc1nn([C@@H]2CCS(=O)(=O)C2)c(C)c1[C@H]1SCC(=O)Nc2[nH]ncc21. The molecule has 1 amide bonds. The average molecular weight is 381 g/mol. The molecule has 0 aliphatic carbocycles. The lowest BCUT2D eigenvalue weighted by Crippen LogP contribution is -2.14. The first-order valence-corrected chi connectivity index (χ1v) is 10.9. The van der Waals surface area contributed by atoms with E-state index in [1.54, 1.807) is 6.20 Å². The van der Waals surface area contributed by atoms with E-state index in [1.165, 1.54) is 11.8 Å². The number of thioether (sulfide) groups is 1. The lowest BCUT2D eigenvalue weighted by atomic mass is 10.0. The highest BCUT2D eigenvalue weighted by molar-refractivity contribution is 8.00. The number of sulfone groups is 1. The number of nitrogens with zero attached hydrogens (tertiary/aromatic N) is 3. The number of aryl methyl sites for hydroxylation is 1. The molecule has 8 nitrogen and oxygen atoms in total. The maximum absolute atomic E-state index is 11.9. The normalized spacial score (nSPS) is 25.4. The van der Waals surface area contributed by atoms with Crippen molar-refractivity contribution in [2.75, 3.05) is 22.6 Å². The van der Waals surface area contributed by atoms with Crippen LogP contribution in [-0.2, 0) is 14.6 Å². The molecule has 2 atom stereocenters. The Kier molecular flexibility index (Phi) is 3.91. The Morgan fingerprint density at radius 2 is 2.16 bits per heavy atom. The van der Waals surface area contributed by atoms with Crippen molar-refractivity contribution in [3.63, 3.8) is 0 Å². The maximum atomic E-state index is 11.9. The lowest BCUT2D eigenvalue weighted by Gasteiger charge is -2.16. The van der Waals surface area contributed by atoms with Crippen LogP contribution in [0.3, 0.4) is 0 Å². The molecule has 2 aromatic heterocycles. The molecular formula is C15H19N5O3S2. The van der Waals surface area contributed by atoms with Crippen LogP contribution in [0, 0.1) is 13.8 Å². The number of aromatic nitrogens is 4. The number of nitrogens with one attached hydrogen (secondary N) is 2. The molecule has 2 aliphatic rings. The van der Waals surface area contributed by atoms with Crippen molar-refractivity contribution in [3.8, 4) is 0 Å². The minimum Gasteiger partial charge on any atom is -0.310 e. The third-order valence-corrected chi connectivity index (χ3v) is 7.80. The van der Waals surface area contributed by atoms with Gasteiger partial charge in [-0.2, -0.15) is 10.2 Å². The largest absolute Gasteiger partial charge is 0.310 e. The van der Waals surface area contributed by atoms with Crippen LogP contribution >= 0.6 is 11.8 Å². The van der Waals surface area contributed by atoms with Gasteiger partial charge in [-0.1, -0.05) is 0 Å². The second-order valence-corrected chi connectivity index (χ2v) is 9.85. The van der Waals surface area contributed by atoms with Gasteiger partial charge in [-0.15, -0.1) is 11.8 Å². The van der Waals surface area contributed by atoms with Crippen molar-refractivity contribution in [1.29, 1.82) is 0 Å². The van der Waals surface area contributed by atoms with Crippen LogP contribution in [0.25, 0.3) is 0 Å². The van der Waals surface area contributed by atoms with E-state index in [9.17, 15) is 13.2 Å². The smallest absolute Gasteiger partial charge is 0.235 e. The topological polar surface area (TPSA) is 110 Å². The number of rotatable bonds is 2. The lowest BCUT2D eigenvalue weighted by molar-refractivity contribution is -0.113. The van der Waals surface area contributed by atoms with Gasteiger partial charge < -0.3 is 5.32 Å². The zero-order chi connectivity index (χ0) is 17.8. The van der Waals surface area contributed by atoms with E-state index in [0.29, 0.717) is 18.0 Å². The summed E-state index contributed by atoms with van der Waals surface area (Å²) in [5, 5.41) is 14.3. The van der Waals surface area contributed by atoms with E-state index in [0.717, 1.165) is 22.5 Å². The van der Waals surface area contributed by atoms with E-state index in [4.69, 9.17) is 0 Å². The van der Waals surface area contributed by atoms with E-state index in [1.807, 2.05) is 18.5 Å². The monoisotopic (exact) mass is 381 g/mol. The van der Waals surface area contributed by atoms with Crippen LogP contribution in [-0.4, -0.2) is 51.6 Å². The summed E-state index contributed by atoms with van der Waals surface area (Å²) in [7, 11) is -2.98. The van der Waals surface area contributed by atoms with Gasteiger partial charge in [0.2, 0.25) is 5.91 Å². The quantitative estimate of drug-likeness (QED) is 0.813. The second kappa shape index (κ2) is 5.87. The molecule has 4 rings (SSSR count). The van der Waals surface area contributed by atoms with Crippen molar-refractivity contribution < 1.29 is 13.2 Å². The number of hydrogen-bond donors (Lipinski definition) is 2. The molecule has 0 unspecified atom stereocenters. The second-order valence-electron chi connectivity index (χ2n) is 6.53. The van der Waals surface area contributed by atoms with Gasteiger partial charge in [0.1, 0.15) is 5.82 Å². The number of carbonyl (C=O) groups is 1.